The quantitative estimate of drug-likeness (QED) is 0.466. The molecule has 0 saturated heterocycles. The van der Waals surface area contributed by atoms with Crippen LogP contribution in [-0.4, -0.2) is 11.0 Å². The first-order valence-corrected chi connectivity index (χ1v) is 6.35. The van der Waals surface area contributed by atoms with Crippen LogP contribution in [0, 0.1) is 10.8 Å². The molecule has 0 atom stereocenters. The Morgan fingerprint density at radius 1 is 0.875 bits per heavy atom. The average Bonchev–Trinajstić information content (AvgIpc) is 1.98. The largest absolute Gasteiger partial charge is 1.00 e. The van der Waals surface area contributed by atoms with Crippen molar-refractivity contribution in [3.8, 4) is 0 Å². The van der Waals surface area contributed by atoms with E-state index in [1.165, 1.54) is 41.5 Å². The van der Waals surface area contributed by atoms with E-state index in [1.807, 2.05) is 0 Å². The maximum atomic E-state index is 11.7. The van der Waals surface area contributed by atoms with Crippen molar-refractivity contribution in [2.45, 2.75) is 41.5 Å². The Labute approximate surface area is 139 Å². The summed E-state index contributed by atoms with van der Waals surface area (Å²) >= 11 is 0. The maximum absolute atomic E-state index is 11.7. The molecule has 0 spiro atoms. The van der Waals surface area contributed by atoms with Gasteiger partial charge in [-0.3, -0.25) is 9.59 Å². The van der Waals surface area contributed by atoms with Crippen LogP contribution < -0.4 is 56.3 Å². The van der Waals surface area contributed by atoms with Crippen LogP contribution in [0.3, 0.4) is 0 Å². The van der Waals surface area contributed by atoms with Crippen LogP contribution in [-0.2, 0) is 14.2 Å². The first-order valence-electron chi connectivity index (χ1n) is 4.72. The van der Waals surface area contributed by atoms with E-state index >= 15 is 0 Å². The molecule has 0 aromatic carbocycles. The van der Waals surface area contributed by atoms with E-state index in [2.05, 4.69) is 0 Å². The van der Waals surface area contributed by atoms with Gasteiger partial charge in [0.05, 0.1) is 0 Å². The number of rotatable bonds is 2. The molecule has 0 aromatic rings. The summed E-state index contributed by atoms with van der Waals surface area (Å²) in [6, 6.07) is 0. The number of hydrogen-bond acceptors (Lipinski definition) is 4. The Kier molecular flexibility index (Phi) is 7.16. The van der Waals surface area contributed by atoms with Crippen molar-refractivity contribution in [2.24, 2.45) is 10.8 Å². The van der Waals surface area contributed by atoms with E-state index in [-0.39, 0.29) is 51.4 Å². The third-order valence-corrected chi connectivity index (χ3v) is 4.23. The van der Waals surface area contributed by atoms with Gasteiger partial charge in [0.15, 0.2) is 11.0 Å². The molecule has 88 valence electrons. The molecule has 0 N–H and O–H groups in total. The van der Waals surface area contributed by atoms with Crippen molar-refractivity contribution in [3.05, 3.63) is 0 Å². The summed E-state index contributed by atoms with van der Waals surface area (Å²) in [4.78, 5) is 34.8. The number of carbonyl (C=O) groups is 2. The second kappa shape index (κ2) is 5.87. The second-order valence-electron chi connectivity index (χ2n) is 5.66. The minimum atomic E-state index is -4.65. The molecular formula is C10H18KO4P. The van der Waals surface area contributed by atoms with Crippen LogP contribution in [0.2, 0.25) is 0 Å². The summed E-state index contributed by atoms with van der Waals surface area (Å²) in [5.74, 6) is 0. The Morgan fingerprint density at radius 3 is 1.19 bits per heavy atom. The Balaban J connectivity index is 0. The zero-order chi connectivity index (χ0) is 12.7. The molecule has 0 unspecified atom stereocenters. The van der Waals surface area contributed by atoms with E-state index in [1.54, 1.807) is 0 Å². The monoisotopic (exact) mass is 272 g/mol. The van der Waals surface area contributed by atoms with Gasteiger partial charge in [0.25, 0.3) is 0 Å². The summed E-state index contributed by atoms with van der Waals surface area (Å²) in [6.07, 6.45) is 0. The van der Waals surface area contributed by atoms with Crippen molar-refractivity contribution in [1.29, 1.82) is 0 Å². The average molecular weight is 272 g/mol. The van der Waals surface area contributed by atoms with Crippen LogP contribution in [0.4, 0.5) is 0 Å². The fraction of sp³-hybridized carbons (Fsp3) is 0.800. The first-order chi connectivity index (χ1) is 6.31. The number of carbonyl (C=O) groups excluding carboxylic acids is 2. The van der Waals surface area contributed by atoms with Crippen molar-refractivity contribution in [3.63, 3.8) is 0 Å². The molecule has 0 fully saturated rings. The van der Waals surface area contributed by atoms with E-state index in [4.69, 9.17) is 0 Å². The normalized spacial score (nSPS) is 12.9. The molecule has 0 aliphatic rings. The number of hydrogen-bond donors (Lipinski definition) is 0. The Morgan fingerprint density at radius 2 is 1.06 bits per heavy atom. The Bertz CT molecular complexity index is 306. The van der Waals surface area contributed by atoms with Gasteiger partial charge in [-0.1, -0.05) is 41.5 Å². The van der Waals surface area contributed by atoms with Gasteiger partial charge in [0.1, 0.15) is 7.37 Å². The van der Waals surface area contributed by atoms with Crippen molar-refractivity contribution in [2.75, 3.05) is 0 Å². The molecule has 0 radical (unpaired) electrons. The van der Waals surface area contributed by atoms with Gasteiger partial charge in [-0.15, -0.1) is 0 Å². The van der Waals surface area contributed by atoms with Crippen molar-refractivity contribution >= 4 is 18.4 Å². The molecule has 0 aliphatic carbocycles. The van der Waals surface area contributed by atoms with E-state index < -0.39 is 29.2 Å². The van der Waals surface area contributed by atoms with E-state index in [0.717, 1.165) is 0 Å². The van der Waals surface area contributed by atoms with Gasteiger partial charge in [-0.05, 0) is 0 Å². The molecule has 16 heavy (non-hydrogen) atoms. The molecular weight excluding hydrogens is 254 g/mol. The molecule has 0 aliphatic heterocycles. The summed E-state index contributed by atoms with van der Waals surface area (Å²) in [5.41, 5.74) is -4.07. The van der Waals surface area contributed by atoms with Gasteiger partial charge in [-0.25, -0.2) is 0 Å². The molecule has 0 bridgehead atoms. The SMILES string of the molecule is CC(C)(C)C(=O)P(=O)([O-])C(=O)C(C)(C)C.[K+]. The molecule has 4 nitrogen and oxygen atoms in total. The summed E-state index contributed by atoms with van der Waals surface area (Å²) < 4.78 is 11.7. The summed E-state index contributed by atoms with van der Waals surface area (Å²) in [7, 11) is -4.65. The van der Waals surface area contributed by atoms with Crippen LogP contribution in [0.15, 0.2) is 0 Å². The predicted molar refractivity (Wildman–Crippen MR) is 56.5 cm³/mol. The van der Waals surface area contributed by atoms with E-state index in [9.17, 15) is 19.0 Å². The van der Waals surface area contributed by atoms with Crippen LogP contribution in [0.5, 0.6) is 0 Å². The molecule has 6 heteroatoms. The van der Waals surface area contributed by atoms with Gasteiger partial charge < -0.3 is 9.46 Å². The molecule has 0 amide bonds. The van der Waals surface area contributed by atoms with Crippen LogP contribution >= 0.6 is 7.37 Å². The zero-order valence-corrected chi connectivity index (χ0v) is 15.1. The summed E-state index contributed by atoms with van der Waals surface area (Å²) in [6.45, 7) is 8.89. The molecule has 0 aromatic heterocycles. The minimum absolute atomic E-state index is 0. The molecule has 0 rings (SSSR count). The molecule has 0 saturated carbocycles. The molecule has 0 heterocycles. The van der Waals surface area contributed by atoms with Gasteiger partial charge in [0, 0.05) is 10.8 Å². The summed E-state index contributed by atoms with van der Waals surface area (Å²) in [5, 5.41) is 0. The van der Waals surface area contributed by atoms with Gasteiger partial charge in [0.2, 0.25) is 0 Å². The fourth-order valence-corrected chi connectivity index (χ4v) is 2.93. The Hall–Kier alpha value is 1.17. The maximum Gasteiger partial charge on any atom is 1.00 e. The van der Waals surface area contributed by atoms with Crippen molar-refractivity contribution < 1.29 is 70.4 Å². The second-order valence-corrected chi connectivity index (χ2v) is 7.58. The van der Waals surface area contributed by atoms with Gasteiger partial charge >= 0.3 is 51.4 Å². The van der Waals surface area contributed by atoms with Crippen LogP contribution in [0.25, 0.3) is 0 Å². The zero-order valence-electron chi connectivity index (χ0n) is 11.1. The van der Waals surface area contributed by atoms with Crippen LogP contribution in [0.1, 0.15) is 41.5 Å². The topological polar surface area (TPSA) is 74.3 Å². The van der Waals surface area contributed by atoms with E-state index in [0.29, 0.717) is 0 Å². The fourth-order valence-electron chi connectivity index (χ4n) is 0.975. The smallest absolute Gasteiger partial charge is 0.789 e. The van der Waals surface area contributed by atoms with Crippen molar-refractivity contribution in [1.82, 2.24) is 0 Å². The minimum Gasteiger partial charge on any atom is -0.789 e. The van der Waals surface area contributed by atoms with Gasteiger partial charge in [-0.2, -0.15) is 0 Å². The standard InChI is InChI=1S/C10H19O4P.K/c1-9(2,3)7(11)15(13,14)8(12)10(4,5)6;/h1-6H3,(H,13,14);/q;+1/p-1. The predicted octanol–water partition coefficient (Wildman–Crippen LogP) is -1.23. The third-order valence-electron chi connectivity index (χ3n) is 1.82. The third kappa shape index (κ3) is 4.81. The first kappa shape index (κ1) is 19.5.